The van der Waals surface area contributed by atoms with Gasteiger partial charge in [0.2, 0.25) is 0 Å². The number of nitrogens with zero attached hydrogens (tertiary/aromatic N) is 1. The van der Waals surface area contributed by atoms with Gasteiger partial charge in [0.05, 0.1) is 12.1 Å². The zero-order chi connectivity index (χ0) is 18.7. The van der Waals surface area contributed by atoms with Gasteiger partial charge in [-0.3, -0.25) is 4.90 Å². The summed E-state index contributed by atoms with van der Waals surface area (Å²) < 4.78 is 19.3. The summed E-state index contributed by atoms with van der Waals surface area (Å²) in [5.74, 6) is 0.554. The molecule has 1 aliphatic heterocycles. The van der Waals surface area contributed by atoms with Crippen LogP contribution in [0.1, 0.15) is 45.2 Å². The van der Waals surface area contributed by atoms with Crippen molar-refractivity contribution in [1.29, 1.82) is 0 Å². The van der Waals surface area contributed by atoms with Crippen molar-refractivity contribution in [2.75, 3.05) is 16.8 Å². The molecule has 0 saturated heterocycles. The lowest BCUT2D eigenvalue weighted by molar-refractivity contribution is 0.245. The number of carbonyl (C=O) groups excluding carboxylic acids is 1. The maximum atomic E-state index is 13.4. The number of halogens is 1. The van der Waals surface area contributed by atoms with Gasteiger partial charge in [-0.25, -0.2) is 9.18 Å². The van der Waals surface area contributed by atoms with E-state index < -0.39 is 5.54 Å². The van der Waals surface area contributed by atoms with Crippen LogP contribution in [-0.4, -0.2) is 12.6 Å². The molecule has 2 aliphatic rings. The van der Waals surface area contributed by atoms with E-state index in [9.17, 15) is 9.18 Å². The summed E-state index contributed by atoms with van der Waals surface area (Å²) in [6.07, 6.45) is 0.761. The minimum absolute atomic E-state index is 0.158. The van der Waals surface area contributed by atoms with E-state index in [0.717, 1.165) is 29.0 Å². The number of ether oxygens (including phenoxy) is 1. The third-order valence-corrected chi connectivity index (χ3v) is 5.49. The summed E-state index contributed by atoms with van der Waals surface area (Å²) in [5, 5.41) is 3.00. The Labute approximate surface area is 153 Å². The van der Waals surface area contributed by atoms with E-state index in [1.165, 1.54) is 12.1 Å². The Hall–Kier alpha value is -2.56. The first-order valence-corrected chi connectivity index (χ1v) is 8.95. The van der Waals surface area contributed by atoms with Gasteiger partial charge in [0.15, 0.2) is 0 Å². The number of urea groups is 1. The van der Waals surface area contributed by atoms with Gasteiger partial charge in [0, 0.05) is 22.5 Å². The Morgan fingerprint density at radius 1 is 1.12 bits per heavy atom. The van der Waals surface area contributed by atoms with E-state index in [0.29, 0.717) is 12.3 Å². The summed E-state index contributed by atoms with van der Waals surface area (Å²) in [5.41, 5.74) is 3.07. The van der Waals surface area contributed by atoms with Crippen molar-refractivity contribution in [3.8, 4) is 5.75 Å². The van der Waals surface area contributed by atoms with Crippen molar-refractivity contribution in [2.24, 2.45) is 0 Å². The molecule has 4 nitrogen and oxygen atoms in total. The van der Waals surface area contributed by atoms with Gasteiger partial charge in [-0.15, -0.1) is 0 Å². The minimum Gasteiger partial charge on any atom is -0.494 e. The van der Waals surface area contributed by atoms with Crippen LogP contribution in [0.3, 0.4) is 0 Å². The minimum atomic E-state index is -0.526. The number of amides is 2. The molecule has 1 aliphatic carbocycles. The highest BCUT2D eigenvalue weighted by Crippen LogP contribution is 2.59. The first-order valence-electron chi connectivity index (χ1n) is 8.95. The predicted molar refractivity (Wildman–Crippen MR) is 101 cm³/mol. The van der Waals surface area contributed by atoms with Gasteiger partial charge in [-0.05, 0) is 62.1 Å². The van der Waals surface area contributed by atoms with Crippen LogP contribution in [0.2, 0.25) is 0 Å². The highest BCUT2D eigenvalue weighted by molar-refractivity contribution is 6.07. The molecule has 1 N–H and O–H groups in total. The zero-order valence-electron chi connectivity index (χ0n) is 15.5. The summed E-state index contributed by atoms with van der Waals surface area (Å²) >= 11 is 0. The van der Waals surface area contributed by atoms with Crippen molar-refractivity contribution >= 4 is 17.4 Å². The standard InChI is InChI=1S/C21H23FN2O2/c1-5-26-16-11-10-15-17-18(16)20(2,3)12-21(17,4)24(19(25)23-15)14-8-6-13(22)7-9-14/h6-11H,5,12H2,1-4H3,(H,23,25)/t21-/m1/s1. The zero-order valence-corrected chi connectivity index (χ0v) is 15.5. The molecule has 1 atom stereocenters. The van der Waals surface area contributed by atoms with Gasteiger partial charge >= 0.3 is 6.03 Å². The fourth-order valence-corrected chi connectivity index (χ4v) is 4.81. The fourth-order valence-electron chi connectivity index (χ4n) is 4.81. The van der Waals surface area contributed by atoms with Gasteiger partial charge < -0.3 is 10.1 Å². The second kappa shape index (κ2) is 5.47. The molecule has 0 fully saturated rings. The topological polar surface area (TPSA) is 41.6 Å². The number of rotatable bonds is 3. The van der Waals surface area contributed by atoms with Crippen molar-refractivity contribution in [2.45, 2.75) is 45.1 Å². The fraction of sp³-hybridized carbons (Fsp3) is 0.381. The molecule has 2 amide bonds. The SMILES string of the molecule is CCOc1ccc2c3c1C(C)(C)C[C@@]3(C)N(c1ccc(F)cc1)C(=O)N2. The van der Waals surface area contributed by atoms with Crippen molar-refractivity contribution in [3.63, 3.8) is 0 Å². The number of nitrogens with one attached hydrogen (secondary N) is 1. The maximum Gasteiger partial charge on any atom is 0.327 e. The van der Waals surface area contributed by atoms with Crippen LogP contribution in [-0.2, 0) is 11.0 Å². The molecule has 0 radical (unpaired) electrons. The van der Waals surface area contributed by atoms with Crippen LogP contribution in [0.15, 0.2) is 36.4 Å². The van der Waals surface area contributed by atoms with Gasteiger partial charge in [0.25, 0.3) is 0 Å². The number of hydrogen-bond acceptors (Lipinski definition) is 2. The molecular formula is C21H23FN2O2. The molecule has 0 aromatic heterocycles. The molecule has 5 heteroatoms. The van der Waals surface area contributed by atoms with Crippen LogP contribution in [0.4, 0.5) is 20.6 Å². The number of anilines is 2. The van der Waals surface area contributed by atoms with Crippen LogP contribution >= 0.6 is 0 Å². The average molecular weight is 354 g/mol. The highest BCUT2D eigenvalue weighted by atomic mass is 19.1. The smallest absolute Gasteiger partial charge is 0.327 e. The average Bonchev–Trinajstić information content (AvgIpc) is 2.79. The van der Waals surface area contributed by atoms with Crippen LogP contribution in [0.5, 0.6) is 5.75 Å². The Bertz CT molecular complexity index is 892. The first kappa shape index (κ1) is 16.9. The van der Waals surface area contributed by atoms with Crippen molar-refractivity contribution in [1.82, 2.24) is 0 Å². The first-order chi connectivity index (χ1) is 12.3. The predicted octanol–water partition coefficient (Wildman–Crippen LogP) is 5.17. The normalized spacial score (nSPS) is 22.8. The van der Waals surface area contributed by atoms with Gasteiger partial charge in [-0.1, -0.05) is 13.8 Å². The number of carbonyl (C=O) groups is 1. The molecule has 26 heavy (non-hydrogen) atoms. The molecule has 2 aromatic carbocycles. The molecule has 2 aromatic rings. The molecule has 1 heterocycles. The summed E-state index contributed by atoms with van der Waals surface area (Å²) in [6.45, 7) is 9.01. The molecule has 4 rings (SSSR count). The Morgan fingerprint density at radius 2 is 1.81 bits per heavy atom. The largest absolute Gasteiger partial charge is 0.494 e. The highest BCUT2D eigenvalue weighted by Gasteiger charge is 2.55. The lowest BCUT2D eigenvalue weighted by atomic mass is 9.84. The second-order valence-electron chi connectivity index (χ2n) is 7.87. The number of hydrogen-bond donors (Lipinski definition) is 1. The van der Waals surface area contributed by atoms with Gasteiger partial charge in [-0.2, -0.15) is 0 Å². The van der Waals surface area contributed by atoms with E-state index in [2.05, 4.69) is 26.1 Å². The molecule has 136 valence electrons. The van der Waals surface area contributed by atoms with Crippen molar-refractivity contribution < 1.29 is 13.9 Å². The second-order valence-corrected chi connectivity index (χ2v) is 7.87. The Kier molecular flexibility index (Phi) is 3.55. The molecule has 0 saturated carbocycles. The van der Waals surface area contributed by atoms with Gasteiger partial charge in [0.1, 0.15) is 11.6 Å². The Morgan fingerprint density at radius 3 is 2.46 bits per heavy atom. The van der Waals surface area contributed by atoms with Crippen LogP contribution in [0.25, 0.3) is 0 Å². The molecule has 0 bridgehead atoms. The lowest BCUT2D eigenvalue weighted by Crippen LogP contribution is -2.52. The molecule has 0 unspecified atom stereocenters. The lowest BCUT2D eigenvalue weighted by Gasteiger charge is -2.44. The third-order valence-electron chi connectivity index (χ3n) is 5.49. The van der Waals surface area contributed by atoms with E-state index in [1.807, 2.05) is 19.1 Å². The Balaban J connectivity index is 1.95. The summed E-state index contributed by atoms with van der Waals surface area (Å²) in [7, 11) is 0. The quantitative estimate of drug-likeness (QED) is 0.826. The number of benzene rings is 2. The molecule has 0 spiro atoms. The monoisotopic (exact) mass is 354 g/mol. The summed E-state index contributed by atoms with van der Waals surface area (Å²) in [6, 6.07) is 9.76. The van der Waals surface area contributed by atoms with Crippen molar-refractivity contribution in [3.05, 3.63) is 53.3 Å². The van der Waals surface area contributed by atoms with E-state index in [-0.39, 0.29) is 17.3 Å². The van der Waals surface area contributed by atoms with E-state index >= 15 is 0 Å². The third kappa shape index (κ3) is 2.23. The van der Waals surface area contributed by atoms with Crippen LogP contribution in [0, 0.1) is 5.82 Å². The van der Waals surface area contributed by atoms with Crippen LogP contribution < -0.4 is 15.0 Å². The molecular weight excluding hydrogens is 331 g/mol. The maximum absolute atomic E-state index is 13.4. The summed E-state index contributed by atoms with van der Waals surface area (Å²) in [4.78, 5) is 14.7. The van der Waals surface area contributed by atoms with E-state index in [1.54, 1.807) is 17.0 Å². The van der Waals surface area contributed by atoms with E-state index in [4.69, 9.17) is 4.74 Å².